The first-order valence-corrected chi connectivity index (χ1v) is 6.25. The van der Waals surface area contributed by atoms with E-state index in [4.69, 9.17) is 5.73 Å². The molecule has 1 saturated carbocycles. The normalized spacial score (nSPS) is 17.5. The Labute approximate surface area is 101 Å². The van der Waals surface area contributed by atoms with Gasteiger partial charge >= 0.3 is 0 Å². The smallest absolute Gasteiger partial charge is 0.274 e. The Morgan fingerprint density at radius 2 is 2.29 bits per heavy atom. The average Bonchev–Trinajstić information content (AvgIpc) is 2.65. The van der Waals surface area contributed by atoms with Crippen LogP contribution >= 0.6 is 0 Å². The minimum atomic E-state index is -0.142. The summed E-state index contributed by atoms with van der Waals surface area (Å²) < 4.78 is 1.68. The third kappa shape index (κ3) is 2.14. The Morgan fingerprint density at radius 3 is 2.71 bits per heavy atom. The predicted octanol–water partition coefficient (Wildman–Crippen LogP) is 1.55. The molecular formula is C12H20N4O. The summed E-state index contributed by atoms with van der Waals surface area (Å²) in [5.74, 6) is -0.142. The maximum Gasteiger partial charge on any atom is 0.274 e. The fourth-order valence-electron chi connectivity index (χ4n) is 2.25. The van der Waals surface area contributed by atoms with Crippen molar-refractivity contribution in [3.05, 3.63) is 11.9 Å². The van der Waals surface area contributed by atoms with Gasteiger partial charge in [0.15, 0.2) is 5.69 Å². The van der Waals surface area contributed by atoms with Gasteiger partial charge in [0.05, 0.1) is 5.69 Å². The van der Waals surface area contributed by atoms with Crippen molar-refractivity contribution in [2.75, 3.05) is 5.73 Å². The van der Waals surface area contributed by atoms with Gasteiger partial charge in [-0.3, -0.25) is 9.48 Å². The van der Waals surface area contributed by atoms with Crippen molar-refractivity contribution in [1.29, 1.82) is 0 Å². The molecule has 1 aromatic heterocycles. The minimum absolute atomic E-state index is 0.0144. The van der Waals surface area contributed by atoms with E-state index >= 15 is 0 Å². The van der Waals surface area contributed by atoms with E-state index in [0.29, 0.717) is 11.4 Å². The molecule has 94 valence electrons. The zero-order chi connectivity index (χ0) is 12.5. The number of nitrogen functional groups attached to an aromatic ring is 1. The fourth-order valence-corrected chi connectivity index (χ4v) is 2.25. The SMILES string of the molecule is CCn1cc(N)c(C(=O)NC2(CC)CCC2)n1. The van der Waals surface area contributed by atoms with Gasteiger partial charge < -0.3 is 11.1 Å². The second kappa shape index (κ2) is 4.39. The van der Waals surface area contributed by atoms with Gasteiger partial charge in [-0.25, -0.2) is 0 Å². The number of hydrogen-bond donors (Lipinski definition) is 2. The number of hydrogen-bond acceptors (Lipinski definition) is 3. The molecule has 5 heteroatoms. The molecule has 1 aromatic rings. The number of carbonyl (C=O) groups excluding carboxylic acids is 1. The van der Waals surface area contributed by atoms with E-state index in [9.17, 15) is 4.79 Å². The van der Waals surface area contributed by atoms with Gasteiger partial charge in [0.2, 0.25) is 0 Å². The van der Waals surface area contributed by atoms with Crippen LogP contribution in [-0.4, -0.2) is 21.2 Å². The number of nitrogens with two attached hydrogens (primary N) is 1. The lowest BCUT2D eigenvalue weighted by atomic mass is 9.75. The zero-order valence-corrected chi connectivity index (χ0v) is 10.5. The number of carbonyl (C=O) groups is 1. The Bertz CT molecular complexity index is 415. The monoisotopic (exact) mass is 236 g/mol. The molecular weight excluding hydrogens is 216 g/mol. The van der Waals surface area contributed by atoms with E-state index in [0.717, 1.165) is 25.8 Å². The van der Waals surface area contributed by atoms with Crippen LogP contribution in [0.5, 0.6) is 0 Å². The highest BCUT2D eigenvalue weighted by Gasteiger charge is 2.37. The number of aryl methyl sites for hydroxylation is 1. The molecule has 0 spiro atoms. The second-order valence-corrected chi connectivity index (χ2v) is 4.73. The highest BCUT2D eigenvalue weighted by atomic mass is 16.2. The molecule has 0 radical (unpaired) electrons. The number of nitrogens with one attached hydrogen (secondary N) is 1. The van der Waals surface area contributed by atoms with E-state index in [2.05, 4.69) is 17.3 Å². The standard InChI is InChI=1S/C12H20N4O/c1-3-12(6-5-7-12)14-11(17)10-9(13)8-16(4-2)15-10/h8H,3-7,13H2,1-2H3,(H,14,17). The van der Waals surface area contributed by atoms with Crippen LogP contribution in [0.15, 0.2) is 6.20 Å². The molecule has 5 nitrogen and oxygen atoms in total. The van der Waals surface area contributed by atoms with Gasteiger partial charge in [0.25, 0.3) is 5.91 Å². The van der Waals surface area contributed by atoms with Crippen molar-refractivity contribution in [2.24, 2.45) is 0 Å². The summed E-state index contributed by atoms with van der Waals surface area (Å²) in [5.41, 5.74) is 6.59. The molecule has 0 atom stereocenters. The molecule has 17 heavy (non-hydrogen) atoms. The molecule has 0 bridgehead atoms. The maximum atomic E-state index is 12.1. The lowest BCUT2D eigenvalue weighted by molar-refractivity contribution is 0.0815. The summed E-state index contributed by atoms with van der Waals surface area (Å²) in [6.07, 6.45) is 5.97. The van der Waals surface area contributed by atoms with Crippen molar-refractivity contribution < 1.29 is 4.79 Å². The third-order valence-corrected chi connectivity index (χ3v) is 3.70. The first-order valence-electron chi connectivity index (χ1n) is 6.25. The molecule has 0 unspecified atom stereocenters. The quantitative estimate of drug-likeness (QED) is 0.833. The molecule has 1 heterocycles. The van der Waals surface area contributed by atoms with E-state index in [1.807, 2.05) is 6.92 Å². The molecule has 1 amide bonds. The third-order valence-electron chi connectivity index (χ3n) is 3.70. The highest BCUT2D eigenvalue weighted by molar-refractivity contribution is 5.97. The van der Waals surface area contributed by atoms with Gasteiger partial charge in [-0.15, -0.1) is 0 Å². The van der Waals surface area contributed by atoms with E-state index in [1.165, 1.54) is 6.42 Å². The number of aromatic nitrogens is 2. The summed E-state index contributed by atoms with van der Waals surface area (Å²) >= 11 is 0. The van der Waals surface area contributed by atoms with Crippen LogP contribution in [0.1, 0.15) is 50.0 Å². The van der Waals surface area contributed by atoms with Crippen LogP contribution in [0.3, 0.4) is 0 Å². The Balaban J connectivity index is 2.11. The van der Waals surface area contributed by atoms with Gasteiger partial charge in [-0.2, -0.15) is 5.10 Å². The summed E-state index contributed by atoms with van der Waals surface area (Å²) in [4.78, 5) is 12.1. The Morgan fingerprint density at radius 1 is 1.59 bits per heavy atom. The van der Waals surface area contributed by atoms with Crippen LogP contribution in [-0.2, 0) is 6.54 Å². The predicted molar refractivity (Wildman–Crippen MR) is 66.7 cm³/mol. The van der Waals surface area contributed by atoms with Crippen molar-refractivity contribution in [1.82, 2.24) is 15.1 Å². The Hall–Kier alpha value is -1.52. The van der Waals surface area contributed by atoms with Crippen molar-refractivity contribution in [2.45, 2.75) is 51.6 Å². The van der Waals surface area contributed by atoms with E-state index in [1.54, 1.807) is 10.9 Å². The van der Waals surface area contributed by atoms with E-state index in [-0.39, 0.29) is 11.4 Å². The number of rotatable bonds is 4. The van der Waals surface area contributed by atoms with Crippen molar-refractivity contribution in [3.63, 3.8) is 0 Å². The van der Waals surface area contributed by atoms with Crippen LogP contribution in [0, 0.1) is 0 Å². The molecule has 1 fully saturated rings. The number of amides is 1. The summed E-state index contributed by atoms with van der Waals surface area (Å²) in [6.45, 7) is 4.79. The summed E-state index contributed by atoms with van der Waals surface area (Å²) in [6, 6.07) is 0. The average molecular weight is 236 g/mol. The molecule has 1 aliphatic rings. The van der Waals surface area contributed by atoms with Crippen LogP contribution in [0.25, 0.3) is 0 Å². The number of nitrogens with zero attached hydrogens (tertiary/aromatic N) is 2. The van der Waals surface area contributed by atoms with Gasteiger partial charge in [0, 0.05) is 18.3 Å². The first-order chi connectivity index (χ1) is 8.10. The van der Waals surface area contributed by atoms with Gasteiger partial charge in [0.1, 0.15) is 0 Å². The van der Waals surface area contributed by atoms with Crippen LogP contribution in [0.4, 0.5) is 5.69 Å². The number of anilines is 1. The summed E-state index contributed by atoms with van der Waals surface area (Å²) in [7, 11) is 0. The van der Waals surface area contributed by atoms with Crippen molar-refractivity contribution >= 4 is 11.6 Å². The molecule has 2 rings (SSSR count). The van der Waals surface area contributed by atoms with Gasteiger partial charge in [-0.1, -0.05) is 6.92 Å². The van der Waals surface area contributed by atoms with Gasteiger partial charge in [-0.05, 0) is 32.6 Å². The molecule has 0 saturated heterocycles. The van der Waals surface area contributed by atoms with Crippen LogP contribution in [0.2, 0.25) is 0 Å². The summed E-state index contributed by atoms with van der Waals surface area (Å²) in [5, 5.41) is 7.26. The molecule has 0 aliphatic heterocycles. The van der Waals surface area contributed by atoms with Crippen molar-refractivity contribution in [3.8, 4) is 0 Å². The second-order valence-electron chi connectivity index (χ2n) is 4.73. The van der Waals surface area contributed by atoms with Crippen LogP contribution < -0.4 is 11.1 Å². The topological polar surface area (TPSA) is 72.9 Å². The highest BCUT2D eigenvalue weighted by Crippen LogP contribution is 2.34. The maximum absolute atomic E-state index is 12.1. The largest absolute Gasteiger partial charge is 0.396 e. The zero-order valence-electron chi connectivity index (χ0n) is 10.5. The lowest BCUT2D eigenvalue weighted by Gasteiger charge is -2.41. The molecule has 0 aromatic carbocycles. The minimum Gasteiger partial charge on any atom is -0.396 e. The lowest BCUT2D eigenvalue weighted by Crippen LogP contribution is -2.53. The molecule has 3 N–H and O–H groups in total. The van der Waals surface area contributed by atoms with E-state index < -0.39 is 0 Å². The Kier molecular flexibility index (Phi) is 3.09. The molecule has 1 aliphatic carbocycles. The fraction of sp³-hybridized carbons (Fsp3) is 0.667. The first kappa shape index (κ1) is 12.0.